The second kappa shape index (κ2) is 8.45. The summed E-state index contributed by atoms with van der Waals surface area (Å²) < 4.78 is 0. The molecule has 0 aliphatic carbocycles. The molecule has 1 fully saturated rings. The fourth-order valence-corrected chi connectivity index (χ4v) is 4.91. The van der Waals surface area contributed by atoms with Gasteiger partial charge in [-0.05, 0) is 47.5 Å². The highest BCUT2D eigenvalue weighted by Gasteiger charge is 2.35. The first kappa shape index (κ1) is 19.2. The maximum Gasteiger partial charge on any atom is 0.227 e. The number of hydrogen-bond donors (Lipinski definition) is 1. The number of fused-ring (bicyclic) bond motifs is 1. The van der Waals surface area contributed by atoms with Gasteiger partial charge in [0.1, 0.15) is 0 Å². The molecule has 2 amide bonds. The van der Waals surface area contributed by atoms with E-state index in [1.54, 1.807) is 4.90 Å². The molecule has 0 spiro atoms. The van der Waals surface area contributed by atoms with E-state index in [1.165, 1.54) is 16.0 Å². The number of nitrogens with one attached hydrogen (secondary N) is 1. The average Bonchev–Trinajstić information content (AvgIpc) is 3.34. The first-order chi connectivity index (χ1) is 13.6. The Morgan fingerprint density at radius 2 is 2.07 bits per heavy atom. The van der Waals surface area contributed by atoms with Gasteiger partial charge in [0, 0.05) is 49.7 Å². The van der Waals surface area contributed by atoms with Crippen LogP contribution in [0.2, 0.25) is 0 Å². The molecule has 1 aromatic carbocycles. The lowest BCUT2D eigenvalue weighted by atomic mass is 10.1. The smallest absolute Gasteiger partial charge is 0.227 e. The third-order valence-corrected chi connectivity index (χ3v) is 6.79. The van der Waals surface area contributed by atoms with Gasteiger partial charge >= 0.3 is 0 Å². The van der Waals surface area contributed by atoms with E-state index in [9.17, 15) is 9.59 Å². The van der Waals surface area contributed by atoms with Gasteiger partial charge in [0.15, 0.2) is 0 Å². The molecule has 148 valence electrons. The van der Waals surface area contributed by atoms with E-state index < -0.39 is 0 Å². The van der Waals surface area contributed by atoms with Crippen molar-refractivity contribution in [2.45, 2.75) is 32.7 Å². The second-order valence-electron chi connectivity index (χ2n) is 7.61. The molecule has 2 aromatic rings. The molecule has 2 aliphatic rings. The molecule has 6 heteroatoms. The summed E-state index contributed by atoms with van der Waals surface area (Å²) in [6.45, 7) is 6.08. The topological polar surface area (TPSA) is 52.7 Å². The lowest BCUT2D eigenvalue weighted by molar-refractivity contribution is -0.126. The van der Waals surface area contributed by atoms with Crippen molar-refractivity contribution in [3.05, 3.63) is 51.7 Å². The Morgan fingerprint density at radius 3 is 2.86 bits per heavy atom. The second-order valence-corrected chi connectivity index (χ2v) is 8.61. The Morgan fingerprint density at radius 1 is 1.25 bits per heavy atom. The van der Waals surface area contributed by atoms with Crippen molar-refractivity contribution >= 4 is 28.8 Å². The Hall–Kier alpha value is -2.18. The Bertz CT molecular complexity index is 846. The summed E-state index contributed by atoms with van der Waals surface area (Å²) in [5.74, 6) is -0.233. The minimum atomic E-state index is -0.261. The largest absolute Gasteiger partial charge is 0.355 e. The zero-order chi connectivity index (χ0) is 19.5. The van der Waals surface area contributed by atoms with E-state index in [0.717, 1.165) is 38.2 Å². The minimum absolute atomic E-state index is 0.00531. The number of thiophene rings is 1. The summed E-state index contributed by atoms with van der Waals surface area (Å²) in [5, 5.41) is 5.20. The number of hydrogen-bond acceptors (Lipinski definition) is 4. The molecule has 1 saturated heterocycles. The summed E-state index contributed by atoms with van der Waals surface area (Å²) in [4.78, 5) is 30.6. The molecule has 2 aliphatic heterocycles. The van der Waals surface area contributed by atoms with Crippen LogP contribution in [0.1, 0.15) is 29.3 Å². The monoisotopic (exact) mass is 397 g/mol. The summed E-state index contributed by atoms with van der Waals surface area (Å²) in [7, 11) is 0. The molecule has 0 radical (unpaired) electrons. The van der Waals surface area contributed by atoms with Crippen molar-refractivity contribution in [2.24, 2.45) is 5.92 Å². The molecule has 5 nitrogen and oxygen atoms in total. The Kier molecular flexibility index (Phi) is 5.78. The SMILES string of the molecule is CCc1ccc(N2CC(C(=O)NCCN3CCc4sccc4C3)CC2=O)cc1. The van der Waals surface area contributed by atoms with E-state index in [2.05, 4.69) is 28.6 Å². The summed E-state index contributed by atoms with van der Waals surface area (Å²) in [6.07, 6.45) is 2.37. The van der Waals surface area contributed by atoms with Crippen molar-refractivity contribution in [3.63, 3.8) is 0 Å². The van der Waals surface area contributed by atoms with Crippen LogP contribution in [0.4, 0.5) is 5.69 Å². The first-order valence-electron chi connectivity index (χ1n) is 10.1. The highest BCUT2D eigenvalue weighted by atomic mass is 32.1. The number of rotatable bonds is 6. The van der Waals surface area contributed by atoms with Crippen molar-refractivity contribution < 1.29 is 9.59 Å². The van der Waals surface area contributed by atoms with Gasteiger partial charge in [0.05, 0.1) is 5.92 Å². The van der Waals surface area contributed by atoms with Gasteiger partial charge in [0.2, 0.25) is 11.8 Å². The standard InChI is InChI=1S/C22H27N3O2S/c1-2-16-3-5-19(6-4-16)25-15-18(13-21(25)26)22(27)23-9-11-24-10-7-20-17(14-24)8-12-28-20/h3-6,8,12,18H,2,7,9-11,13-15H2,1H3,(H,23,27). The van der Waals surface area contributed by atoms with E-state index in [0.29, 0.717) is 19.5 Å². The molecule has 1 N–H and O–H groups in total. The summed E-state index contributed by atoms with van der Waals surface area (Å²) in [6, 6.07) is 10.3. The van der Waals surface area contributed by atoms with Crippen LogP contribution in [0, 0.1) is 5.92 Å². The Labute approximate surface area is 170 Å². The van der Waals surface area contributed by atoms with Crippen LogP contribution in [0.25, 0.3) is 0 Å². The minimum Gasteiger partial charge on any atom is -0.355 e. The van der Waals surface area contributed by atoms with Crippen LogP contribution in [-0.2, 0) is 29.0 Å². The van der Waals surface area contributed by atoms with Crippen LogP contribution in [0.5, 0.6) is 0 Å². The molecule has 1 unspecified atom stereocenters. The van der Waals surface area contributed by atoms with E-state index in [-0.39, 0.29) is 17.7 Å². The van der Waals surface area contributed by atoms with Gasteiger partial charge in [-0.3, -0.25) is 14.5 Å². The van der Waals surface area contributed by atoms with Crippen LogP contribution < -0.4 is 10.2 Å². The van der Waals surface area contributed by atoms with E-state index >= 15 is 0 Å². The third kappa shape index (κ3) is 4.13. The zero-order valence-electron chi connectivity index (χ0n) is 16.3. The first-order valence-corrected chi connectivity index (χ1v) is 11.0. The summed E-state index contributed by atoms with van der Waals surface area (Å²) >= 11 is 1.84. The van der Waals surface area contributed by atoms with E-state index in [4.69, 9.17) is 0 Å². The lowest BCUT2D eigenvalue weighted by Gasteiger charge is -2.26. The maximum absolute atomic E-state index is 12.6. The van der Waals surface area contributed by atoms with Gasteiger partial charge in [-0.1, -0.05) is 19.1 Å². The van der Waals surface area contributed by atoms with Crippen molar-refractivity contribution in [1.29, 1.82) is 0 Å². The fraction of sp³-hybridized carbons (Fsp3) is 0.455. The van der Waals surface area contributed by atoms with Gasteiger partial charge in [-0.2, -0.15) is 0 Å². The third-order valence-electron chi connectivity index (χ3n) is 5.77. The number of carbonyl (C=O) groups excluding carboxylic acids is 2. The van der Waals surface area contributed by atoms with Gasteiger partial charge in [-0.15, -0.1) is 11.3 Å². The number of carbonyl (C=O) groups is 2. The average molecular weight is 398 g/mol. The van der Waals surface area contributed by atoms with Crippen LogP contribution in [0.15, 0.2) is 35.7 Å². The molecule has 28 heavy (non-hydrogen) atoms. The van der Waals surface area contributed by atoms with Gasteiger partial charge in [-0.25, -0.2) is 0 Å². The van der Waals surface area contributed by atoms with Gasteiger partial charge < -0.3 is 10.2 Å². The highest BCUT2D eigenvalue weighted by Crippen LogP contribution is 2.26. The number of anilines is 1. The molecule has 4 rings (SSSR count). The van der Waals surface area contributed by atoms with Crippen LogP contribution in [0.3, 0.4) is 0 Å². The molecule has 0 bridgehead atoms. The zero-order valence-corrected chi connectivity index (χ0v) is 17.1. The normalized spacial score (nSPS) is 19.7. The number of nitrogens with zero attached hydrogens (tertiary/aromatic N) is 2. The highest BCUT2D eigenvalue weighted by molar-refractivity contribution is 7.10. The van der Waals surface area contributed by atoms with Crippen LogP contribution >= 0.6 is 11.3 Å². The predicted octanol–water partition coefficient (Wildman–Crippen LogP) is 2.84. The molecule has 0 saturated carbocycles. The van der Waals surface area contributed by atoms with E-state index in [1.807, 2.05) is 35.6 Å². The molecule has 1 atom stereocenters. The molecule has 1 aromatic heterocycles. The number of amides is 2. The molecular formula is C22H27N3O2S. The van der Waals surface area contributed by atoms with Crippen molar-refractivity contribution in [2.75, 3.05) is 31.1 Å². The molecule has 3 heterocycles. The predicted molar refractivity (Wildman–Crippen MR) is 113 cm³/mol. The van der Waals surface area contributed by atoms with Crippen molar-refractivity contribution in [1.82, 2.24) is 10.2 Å². The number of benzene rings is 1. The van der Waals surface area contributed by atoms with Gasteiger partial charge in [0.25, 0.3) is 0 Å². The lowest BCUT2D eigenvalue weighted by Crippen LogP contribution is -2.40. The maximum atomic E-state index is 12.6. The molecular weight excluding hydrogens is 370 g/mol. The number of aryl methyl sites for hydroxylation is 1. The van der Waals surface area contributed by atoms with Crippen LogP contribution in [-0.4, -0.2) is 42.9 Å². The Balaban J connectivity index is 1.25. The summed E-state index contributed by atoms with van der Waals surface area (Å²) in [5.41, 5.74) is 3.56. The quantitative estimate of drug-likeness (QED) is 0.816. The fourth-order valence-electron chi connectivity index (χ4n) is 4.02. The van der Waals surface area contributed by atoms with Crippen molar-refractivity contribution in [3.8, 4) is 0 Å².